The second-order valence-corrected chi connectivity index (χ2v) is 4.47. The predicted molar refractivity (Wildman–Crippen MR) is 75.1 cm³/mol. The molecule has 1 atom stereocenters. The molecule has 0 aromatic heterocycles. The van der Waals surface area contributed by atoms with Gasteiger partial charge in [0.25, 0.3) is 0 Å². The minimum atomic E-state index is -0.222. The Kier molecular flexibility index (Phi) is 6.15. The normalized spacial score (nSPS) is 11.9. The topological polar surface area (TPSA) is 46.3 Å². The molecular weight excluding hydrogens is 224 g/mol. The summed E-state index contributed by atoms with van der Waals surface area (Å²) in [5, 5.41) is 0. The molecule has 2 N–H and O–H groups in total. The number of hydrogen-bond acceptors (Lipinski definition) is 2. The summed E-state index contributed by atoms with van der Waals surface area (Å²) in [5.74, 6) is 0.0930. The quantitative estimate of drug-likeness (QED) is 0.593. The van der Waals surface area contributed by atoms with Crippen molar-refractivity contribution < 1.29 is 4.79 Å². The van der Waals surface area contributed by atoms with E-state index in [1.807, 2.05) is 43.5 Å². The van der Waals surface area contributed by atoms with E-state index in [0.717, 1.165) is 24.9 Å². The van der Waals surface area contributed by atoms with Gasteiger partial charge in [-0.25, -0.2) is 0 Å². The zero-order valence-corrected chi connectivity index (χ0v) is 11.0. The number of hydrogen-bond donors (Lipinski definition) is 1. The van der Waals surface area contributed by atoms with Crippen LogP contribution in [0.15, 0.2) is 43.0 Å². The van der Waals surface area contributed by atoms with E-state index >= 15 is 0 Å². The molecule has 0 saturated heterocycles. The third-order valence-corrected chi connectivity index (χ3v) is 2.95. The highest BCUT2D eigenvalue weighted by molar-refractivity contribution is 5.76. The molecule has 0 radical (unpaired) electrons. The van der Waals surface area contributed by atoms with Crippen molar-refractivity contribution in [3.63, 3.8) is 0 Å². The van der Waals surface area contributed by atoms with Crippen LogP contribution < -0.4 is 5.73 Å². The van der Waals surface area contributed by atoms with Crippen LogP contribution in [0.1, 0.15) is 30.9 Å². The molecule has 0 unspecified atom stereocenters. The first-order valence-corrected chi connectivity index (χ1v) is 6.30. The summed E-state index contributed by atoms with van der Waals surface area (Å²) in [6, 6.07) is 9.51. The van der Waals surface area contributed by atoms with Crippen LogP contribution in [0.25, 0.3) is 0 Å². The number of unbranched alkanes of at least 4 members (excludes halogenated alkanes) is 1. The number of amides is 1. The van der Waals surface area contributed by atoms with Crippen LogP contribution in [-0.4, -0.2) is 24.4 Å². The minimum Gasteiger partial charge on any atom is -0.346 e. The summed E-state index contributed by atoms with van der Waals surface area (Å²) < 4.78 is 0. The highest BCUT2D eigenvalue weighted by Gasteiger charge is 2.14. The van der Waals surface area contributed by atoms with Crippen LogP contribution in [0.4, 0.5) is 0 Å². The second kappa shape index (κ2) is 7.67. The highest BCUT2D eigenvalue weighted by Crippen LogP contribution is 2.14. The minimum absolute atomic E-state index is 0.0930. The van der Waals surface area contributed by atoms with E-state index < -0.39 is 0 Å². The van der Waals surface area contributed by atoms with Gasteiger partial charge in [0.15, 0.2) is 0 Å². The monoisotopic (exact) mass is 246 g/mol. The predicted octanol–water partition coefficient (Wildman–Crippen LogP) is 2.50. The van der Waals surface area contributed by atoms with E-state index in [0.29, 0.717) is 6.42 Å². The number of nitrogens with two attached hydrogens (primary N) is 1. The van der Waals surface area contributed by atoms with Crippen molar-refractivity contribution >= 4 is 5.91 Å². The van der Waals surface area contributed by atoms with E-state index in [4.69, 9.17) is 5.73 Å². The Morgan fingerprint density at radius 2 is 2.11 bits per heavy atom. The van der Waals surface area contributed by atoms with E-state index in [2.05, 4.69) is 6.58 Å². The average Bonchev–Trinajstić information content (AvgIpc) is 2.39. The lowest BCUT2D eigenvalue weighted by molar-refractivity contribution is -0.130. The fraction of sp³-hybridized carbons (Fsp3) is 0.400. The van der Waals surface area contributed by atoms with Crippen LogP contribution in [0.3, 0.4) is 0 Å². The molecule has 1 amide bonds. The van der Waals surface area contributed by atoms with Crippen molar-refractivity contribution in [2.45, 2.75) is 25.3 Å². The maximum atomic E-state index is 11.9. The maximum absolute atomic E-state index is 11.9. The molecule has 98 valence electrons. The summed E-state index contributed by atoms with van der Waals surface area (Å²) in [6.45, 7) is 4.42. The third kappa shape index (κ3) is 4.72. The Bertz CT molecular complexity index is 375. The molecule has 0 spiro atoms. The molecule has 18 heavy (non-hydrogen) atoms. The summed E-state index contributed by atoms with van der Waals surface area (Å²) >= 11 is 0. The molecule has 1 rings (SSSR count). The van der Waals surface area contributed by atoms with Gasteiger partial charge in [0.2, 0.25) is 5.91 Å². The van der Waals surface area contributed by atoms with Gasteiger partial charge in [-0.05, 0) is 18.4 Å². The molecule has 3 nitrogen and oxygen atoms in total. The summed E-state index contributed by atoms with van der Waals surface area (Å²) in [5.41, 5.74) is 7.03. The van der Waals surface area contributed by atoms with Gasteiger partial charge in [0.05, 0.1) is 0 Å². The smallest absolute Gasteiger partial charge is 0.224 e. The first-order chi connectivity index (χ1) is 8.65. The van der Waals surface area contributed by atoms with Crippen molar-refractivity contribution in [1.29, 1.82) is 0 Å². The van der Waals surface area contributed by atoms with E-state index in [1.165, 1.54) is 0 Å². The summed E-state index contributed by atoms with van der Waals surface area (Å²) in [4.78, 5) is 13.7. The number of benzene rings is 1. The van der Waals surface area contributed by atoms with Crippen LogP contribution in [0.5, 0.6) is 0 Å². The Labute approximate surface area is 109 Å². The molecule has 1 aromatic carbocycles. The molecular formula is C15H22N2O. The summed E-state index contributed by atoms with van der Waals surface area (Å²) in [7, 11) is 1.82. The maximum Gasteiger partial charge on any atom is 0.224 e. The fourth-order valence-corrected chi connectivity index (χ4v) is 1.76. The number of nitrogens with zero attached hydrogens (tertiary/aromatic N) is 1. The number of allylic oxidation sites excluding steroid dienone is 1. The third-order valence-electron chi connectivity index (χ3n) is 2.95. The van der Waals surface area contributed by atoms with Gasteiger partial charge in [-0.3, -0.25) is 4.79 Å². The van der Waals surface area contributed by atoms with Crippen molar-refractivity contribution in [3.8, 4) is 0 Å². The number of carbonyl (C=O) groups is 1. The van der Waals surface area contributed by atoms with E-state index in [-0.39, 0.29) is 11.9 Å². The van der Waals surface area contributed by atoms with Gasteiger partial charge in [-0.2, -0.15) is 0 Å². The Morgan fingerprint density at radius 3 is 2.72 bits per heavy atom. The van der Waals surface area contributed by atoms with Crippen molar-refractivity contribution in [3.05, 3.63) is 48.6 Å². The molecule has 1 aromatic rings. The second-order valence-electron chi connectivity index (χ2n) is 4.47. The Balaban J connectivity index is 2.41. The molecule has 0 saturated carbocycles. The molecule has 3 heteroatoms. The SMILES string of the molecule is C=CCCCN(C)C(=O)C[C@@H](N)c1ccccc1. The van der Waals surface area contributed by atoms with E-state index in [1.54, 1.807) is 4.90 Å². The molecule has 0 aliphatic heterocycles. The zero-order valence-electron chi connectivity index (χ0n) is 11.0. The lowest BCUT2D eigenvalue weighted by Crippen LogP contribution is -2.30. The van der Waals surface area contributed by atoms with Gasteiger partial charge in [0.1, 0.15) is 0 Å². The first-order valence-electron chi connectivity index (χ1n) is 6.30. The van der Waals surface area contributed by atoms with Gasteiger partial charge in [-0.1, -0.05) is 36.4 Å². The molecule has 0 bridgehead atoms. The Morgan fingerprint density at radius 1 is 1.44 bits per heavy atom. The average molecular weight is 246 g/mol. The fourth-order valence-electron chi connectivity index (χ4n) is 1.76. The van der Waals surface area contributed by atoms with Crippen molar-refractivity contribution in [1.82, 2.24) is 4.90 Å². The first kappa shape index (κ1) is 14.5. The standard InChI is InChI=1S/C15H22N2O/c1-3-4-8-11-17(2)15(18)12-14(16)13-9-6-5-7-10-13/h3,5-7,9-10,14H,1,4,8,11-12,16H2,2H3/t14-/m1/s1. The molecule has 0 aliphatic carbocycles. The van der Waals surface area contributed by atoms with Gasteiger partial charge >= 0.3 is 0 Å². The van der Waals surface area contributed by atoms with Crippen LogP contribution in [-0.2, 0) is 4.79 Å². The van der Waals surface area contributed by atoms with Crippen LogP contribution >= 0.6 is 0 Å². The largest absolute Gasteiger partial charge is 0.346 e. The lowest BCUT2D eigenvalue weighted by Gasteiger charge is -2.19. The number of rotatable bonds is 7. The van der Waals surface area contributed by atoms with Crippen molar-refractivity contribution in [2.24, 2.45) is 5.73 Å². The highest BCUT2D eigenvalue weighted by atomic mass is 16.2. The van der Waals surface area contributed by atoms with Crippen molar-refractivity contribution in [2.75, 3.05) is 13.6 Å². The molecule has 0 heterocycles. The zero-order chi connectivity index (χ0) is 13.4. The Hall–Kier alpha value is -1.61. The van der Waals surface area contributed by atoms with Gasteiger partial charge in [0, 0.05) is 26.1 Å². The summed E-state index contributed by atoms with van der Waals surface area (Å²) in [6.07, 6.45) is 4.11. The molecule has 0 aliphatic rings. The van der Waals surface area contributed by atoms with E-state index in [9.17, 15) is 4.79 Å². The van der Waals surface area contributed by atoms with Crippen LogP contribution in [0, 0.1) is 0 Å². The lowest BCUT2D eigenvalue weighted by atomic mass is 10.0. The van der Waals surface area contributed by atoms with Gasteiger partial charge in [-0.15, -0.1) is 6.58 Å². The van der Waals surface area contributed by atoms with Crippen LogP contribution in [0.2, 0.25) is 0 Å². The number of carbonyl (C=O) groups excluding carboxylic acids is 1. The molecule has 0 fully saturated rings. The van der Waals surface area contributed by atoms with Gasteiger partial charge < -0.3 is 10.6 Å².